The number of amides is 1. The fourth-order valence-corrected chi connectivity index (χ4v) is 4.23. The Balaban J connectivity index is 0.00000150. The summed E-state index contributed by atoms with van der Waals surface area (Å²) in [5.41, 5.74) is 2.47. The molecule has 0 radical (unpaired) electrons. The Bertz CT molecular complexity index is 804. The molecular weight excluding hydrogens is 409 g/mol. The standard InChI is InChI=1S/C22H27N3O2.2ClH/c1-27-19-6-4-5-18(13-19)24-21-8-3-2-7-20(21)22(26)25-11-9-16-14-23-15-17(16)10-12-25;;/h2-8,13,16-17,23-24H,9-12,14-15H2,1H3;2*1H/t16-,17+;;. The zero-order valence-corrected chi connectivity index (χ0v) is 18.2. The predicted octanol–water partition coefficient (Wildman–Crippen LogP) is 4.35. The number of hydrogen-bond acceptors (Lipinski definition) is 4. The van der Waals surface area contributed by atoms with E-state index in [1.165, 1.54) is 0 Å². The Kier molecular flexibility index (Phi) is 8.62. The van der Waals surface area contributed by atoms with Crippen LogP contribution in [0.25, 0.3) is 0 Å². The van der Waals surface area contributed by atoms with E-state index in [2.05, 4.69) is 10.6 Å². The summed E-state index contributed by atoms with van der Waals surface area (Å²) >= 11 is 0. The van der Waals surface area contributed by atoms with Gasteiger partial charge in [0.1, 0.15) is 5.75 Å². The first kappa shape index (κ1) is 23.3. The van der Waals surface area contributed by atoms with Gasteiger partial charge in [-0.05, 0) is 62.0 Å². The van der Waals surface area contributed by atoms with Crippen molar-refractivity contribution < 1.29 is 9.53 Å². The summed E-state index contributed by atoms with van der Waals surface area (Å²) < 4.78 is 5.30. The molecule has 2 N–H and O–H groups in total. The molecule has 2 heterocycles. The van der Waals surface area contributed by atoms with E-state index in [9.17, 15) is 4.79 Å². The number of benzene rings is 2. The maximum Gasteiger partial charge on any atom is 0.255 e. The van der Waals surface area contributed by atoms with E-state index in [0.29, 0.717) is 11.8 Å². The lowest BCUT2D eigenvalue weighted by Gasteiger charge is -2.23. The van der Waals surface area contributed by atoms with Gasteiger partial charge < -0.3 is 20.3 Å². The minimum absolute atomic E-state index is 0. The number of methoxy groups -OCH3 is 1. The summed E-state index contributed by atoms with van der Waals surface area (Å²) in [6.07, 6.45) is 2.18. The first-order valence-electron chi connectivity index (χ1n) is 9.74. The number of hydrogen-bond donors (Lipinski definition) is 2. The lowest BCUT2D eigenvalue weighted by Crippen LogP contribution is -2.33. The monoisotopic (exact) mass is 437 g/mol. The Morgan fingerprint density at radius 3 is 2.41 bits per heavy atom. The molecule has 0 unspecified atom stereocenters. The Hall–Kier alpha value is -1.95. The third kappa shape index (κ3) is 5.35. The van der Waals surface area contributed by atoms with Crippen molar-refractivity contribution in [2.75, 3.05) is 38.6 Å². The smallest absolute Gasteiger partial charge is 0.255 e. The molecule has 1 amide bonds. The maximum atomic E-state index is 13.3. The average Bonchev–Trinajstić information content (AvgIpc) is 3.06. The van der Waals surface area contributed by atoms with Gasteiger partial charge in [0.15, 0.2) is 0 Å². The van der Waals surface area contributed by atoms with E-state index in [1.807, 2.05) is 53.4 Å². The van der Waals surface area contributed by atoms with Crippen LogP contribution < -0.4 is 15.4 Å². The number of halogens is 2. The zero-order valence-electron chi connectivity index (χ0n) is 16.6. The second kappa shape index (κ2) is 10.7. The summed E-state index contributed by atoms with van der Waals surface area (Å²) in [6, 6.07) is 15.5. The lowest BCUT2D eigenvalue weighted by atomic mass is 9.92. The van der Waals surface area contributed by atoms with Crippen molar-refractivity contribution in [3.63, 3.8) is 0 Å². The number of anilines is 2. The topological polar surface area (TPSA) is 53.6 Å². The Morgan fingerprint density at radius 1 is 1.03 bits per heavy atom. The van der Waals surface area contributed by atoms with E-state index in [0.717, 1.165) is 61.7 Å². The normalized spacial score (nSPS) is 20.5. The molecule has 7 heteroatoms. The van der Waals surface area contributed by atoms with E-state index >= 15 is 0 Å². The minimum Gasteiger partial charge on any atom is -0.497 e. The van der Waals surface area contributed by atoms with Crippen LogP contribution in [0, 0.1) is 11.8 Å². The van der Waals surface area contributed by atoms with Crippen molar-refractivity contribution in [3.05, 3.63) is 54.1 Å². The van der Waals surface area contributed by atoms with Gasteiger partial charge in [-0.3, -0.25) is 4.79 Å². The lowest BCUT2D eigenvalue weighted by molar-refractivity contribution is 0.0759. The molecule has 0 saturated carbocycles. The van der Waals surface area contributed by atoms with Crippen molar-refractivity contribution in [1.29, 1.82) is 0 Å². The molecule has 2 aromatic carbocycles. The minimum atomic E-state index is 0. The number of nitrogens with one attached hydrogen (secondary N) is 2. The van der Waals surface area contributed by atoms with Crippen LogP contribution in [0.5, 0.6) is 5.75 Å². The summed E-state index contributed by atoms with van der Waals surface area (Å²) in [5.74, 6) is 2.34. The van der Waals surface area contributed by atoms with Gasteiger partial charge >= 0.3 is 0 Å². The highest BCUT2D eigenvalue weighted by atomic mass is 35.5. The predicted molar refractivity (Wildman–Crippen MR) is 122 cm³/mol. The van der Waals surface area contributed by atoms with Gasteiger partial charge in [-0.1, -0.05) is 18.2 Å². The van der Waals surface area contributed by atoms with Crippen LogP contribution in [0.3, 0.4) is 0 Å². The molecule has 29 heavy (non-hydrogen) atoms. The molecule has 2 aliphatic rings. The molecule has 2 aromatic rings. The molecule has 2 aliphatic heterocycles. The molecule has 0 aliphatic carbocycles. The number of para-hydroxylation sites is 1. The number of nitrogens with zero attached hydrogens (tertiary/aromatic N) is 1. The molecule has 0 bridgehead atoms. The highest BCUT2D eigenvalue weighted by Gasteiger charge is 2.32. The third-order valence-electron chi connectivity index (χ3n) is 5.81. The molecule has 2 saturated heterocycles. The second-order valence-corrected chi connectivity index (χ2v) is 7.45. The molecule has 2 atom stereocenters. The van der Waals surface area contributed by atoms with Crippen LogP contribution in [-0.2, 0) is 0 Å². The molecule has 158 valence electrons. The van der Waals surface area contributed by atoms with Crippen LogP contribution in [0.1, 0.15) is 23.2 Å². The van der Waals surface area contributed by atoms with Gasteiger partial charge in [0.05, 0.1) is 18.4 Å². The average molecular weight is 438 g/mol. The highest BCUT2D eigenvalue weighted by molar-refractivity contribution is 6.00. The van der Waals surface area contributed by atoms with E-state index in [1.54, 1.807) is 7.11 Å². The van der Waals surface area contributed by atoms with Gasteiger partial charge in [-0.25, -0.2) is 0 Å². The van der Waals surface area contributed by atoms with E-state index < -0.39 is 0 Å². The first-order chi connectivity index (χ1) is 13.2. The molecule has 4 rings (SSSR count). The molecule has 0 spiro atoms. The number of carbonyl (C=O) groups excluding carboxylic acids is 1. The molecule has 2 fully saturated rings. The van der Waals surface area contributed by atoms with Crippen LogP contribution in [0.4, 0.5) is 11.4 Å². The number of likely N-dealkylation sites (tertiary alicyclic amines) is 1. The largest absolute Gasteiger partial charge is 0.497 e. The second-order valence-electron chi connectivity index (χ2n) is 7.45. The van der Waals surface area contributed by atoms with Gasteiger partial charge in [-0.2, -0.15) is 0 Å². The molecule has 0 aromatic heterocycles. The van der Waals surface area contributed by atoms with Crippen LogP contribution >= 0.6 is 24.8 Å². The number of fused-ring (bicyclic) bond motifs is 1. The maximum absolute atomic E-state index is 13.3. The molecule has 5 nitrogen and oxygen atoms in total. The first-order valence-corrected chi connectivity index (χ1v) is 9.74. The van der Waals surface area contributed by atoms with Crippen molar-refractivity contribution in [1.82, 2.24) is 10.2 Å². The number of carbonyl (C=O) groups is 1. The van der Waals surface area contributed by atoms with Crippen LogP contribution in [0.15, 0.2) is 48.5 Å². The van der Waals surface area contributed by atoms with Gasteiger partial charge in [0.25, 0.3) is 5.91 Å². The van der Waals surface area contributed by atoms with E-state index in [-0.39, 0.29) is 30.7 Å². The fourth-order valence-electron chi connectivity index (χ4n) is 4.23. The fraction of sp³-hybridized carbons (Fsp3) is 0.409. The van der Waals surface area contributed by atoms with Crippen molar-refractivity contribution in [2.24, 2.45) is 11.8 Å². The van der Waals surface area contributed by atoms with Crippen LogP contribution in [-0.4, -0.2) is 44.1 Å². The highest BCUT2D eigenvalue weighted by Crippen LogP contribution is 2.29. The summed E-state index contributed by atoms with van der Waals surface area (Å²) in [7, 11) is 1.65. The van der Waals surface area contributed by atoms with Crippen molar-refractivity contribution >= 4 is 42.1 Å². The zero-order chi connectivity index (χ0) is 18.6. The third-order valence-corrected chi connectivity index (χ3v) is 5.81. The number of ether oxygens (including phenoxy) is 1. The molecular formula is C22H29Cl2N3O2. The van der Waals surface area contributed by atoms with E-state index in [4.69, 9.17) is 4.74 Å². The number of rotatable bonds is 4. The van der Waals surface area contributed by atoms with Crippen molar-refractivity contribution in [3.8, 4) is 5.75 Å². The Labute approximate surface area is 185 Å². The quantitative estimate of drug-likeness (QED) is 0.745. The van der Waals surface area contributed by atoms with Crippen molar-refractivity contribution in [2.45, 2.75) is 12.8 Å². The SMILES string of the molecule is COc1cccc(Nc2ccccc2C(=O)N2CC[C@@H]3CNC[C@@H]3CC2)c1.Cl.Cl. The van der Waals surface area contributed by atoms with Crippen LogP contribution in [0.2, 0.25) is 0 Å². The van der Waals surface area contributed by atoms with Gasteiger partial charge in [0, 0.05) is 24.8 Å². The van der Waals surface area contributed by atoms with Gasteiger partial charge in [0.2, 0.25) is 0 Å². The summed E-state index contributed by atoms with van der Waals surface area (Å²) in [5, 5.41) is 6.88. The Morgan fingerprint density at radius 2 is 1.72 bits per heavy atom. The summed E-state index contributed by atoms with van der Waals surface area (Å²) in [4.78, 5) is 15.3. The summed E-state index contributed by atoms with van der Waals surface area (Å²) in [6.45, 7) is 3.88. The van der Waals surface area contributed by atoms with Gasteiger partial charge in [-0.15, -0.1) is 24.8 Å².